The average molecular weight is 921 g/mol. The Morgan fingerprint density at radius 2 is 0.783 bits per heavy atom. The van der Waals surface area contributed by atoms with E-state index < -0.39 is 59.3 Å². The first-order valence-electron chi connectivity index (χ1n) is 22.3. The van der Waals surface area contributed by atoms with E-state index in [-0.39, 0.29) is 80.0 Å². The van der Waals surface area contributed by atoms with Gasteiger partial charge >= 0.3 is 0 Å². The van der Waals surface area contributed by atoms with Crippen molar-refractivity contribution in [2.24, 2.45) is 5.92 Å². The maximum Gasteiger partial charge on any atom is 0.229 e. The summed E-state index contributed by atoms with van der Waals surface area (Å²) in [7, 11) is 0. The lowest BCUT2D eigenvalue weighted by atomic mass is 9.61. The number of fused-ring (bicyclic) bond motifs is 4. The number of ether oxygens (including phenoxy) is 2. The molecule has 0 bridgehead atoms. The number of rotatable bonds is 5. The van der Waals surface area contributed by atoms with E-state index in [1.165, 1.54) is 78.9 Å². The van der Waals surface area contributed by atoms with Gasteiger partial charge in [0.1, 0.15) is 75.5 Å². The Balaban J connectivity index is 1.26. The molecular weight excluding hydrogens is 881 g/mol. The number of benzene rings is 7. The smallest absolute Gasteiger partial charge is 0.229 e. The first-order chi connectivity index (χ1) is 33.2. The molecule has 5 aliphatic rings. The molecule has 3 aliphatic carbocycles. The van der Waals surface area contributed by atoms with E-state index in [1.807, 2.05) is 0 Å². The second-order valence-corrected chi connectivity index (χ2v) is 18.3. The largest absolute Gasteiger partial charge is 0.508 e. The lowest BCUT2D eigenvalue weighted by Crippen LogP contribution is -2.35. The van der Waals surface area contributed by atoms with Gasteiger partial charge in [-0.15, -0.1) is 0 Å². The van der Waals surface area contributed by atoms with Crippen LogP contribution in [0.25, 0.3) is 0 Å². The molecule has 8 atom stereocenters. The van der Waals surface area contributed by atoms with Crippen molar-refractivity contribution in [2.45, 2.75) is 41.8 Å². The zero-order valence-corrected chi connectivity index (χ0v) is 36.1. The molecule has 342 valence electrons. The SMILES string of the molecule is O=C1C=C2O[C@@H](c3ccc(O)cc3)[C@H]3C2=C(C1=O)[C@@H]([C@@H]1c2cc(O)cc4c2[C@@H](c2cc(O)cc(O)c2[C@H]1c1ccc(O)cc1)[C@H](c1ccc(O)cc1)O4)[C@H](c1ccc(O)cc1)c1c(O)cc(O)cc13. The van der Waals surface area contributed by atoms with Crippen molar-refractivity contribution in [1.29, 1.82) is 0 Å². The van der Waals surface area contributed by atoms with Crippen LogP contribution in [0.3, 0.4) is 0 Å². The number of carbonyl (C=O) groups excluding carboxylic acids is 2. The third-order valence-corrected chi connectivity index (χ3v) is 14.6. The standard InChI is InChI=1S/C56H40O13/c57-28-9-1-24(2-10-28)43-45-35(17-32(61)20-38(45)64)49-47-37(19-34(63)22-41(47)68-55(49)26-5-13-30(59)14-6-26)48(43)52-44(25-3-11-29(58)12-4-25)46-36(18-33(62)21-39(46)65)50-51-42(23-40(66)54(67)53(51)52)69-56(50)27-7-15-31(60)16-8-27/h1-23,43-44,48-50,52,55-65H/t43-,44-,48-,49-,50-,52-,55+,56+/m1/s1. The highest BCUT2D eigenvalue weighted by Crippen LogP contribution is 2.68. The molecule has 0 amide bonds. The van der Waals surface area contributed by atoms with Gasteiger partial charge in [0.25, 0.3) is 0 Å². The van der Waals surface area contributed by atoms with E-state index in [2.05, 4.69) is 0 Å². The third-order valence-electron chi connectivity index (χ3n) is 14.6. The fourth-order valence-electron chi connectivity index (χ4n) is 12.0. The molecule has 0 spiro atoms. The monoisotopic (exact) mass is 920 g/mol. The highest BCUT2D eigenvalue weighted by atomic mass is 16.5. The van der Waals surface area contributed by atoms with Crippen LogP contribution in [-0.4, -0.2) is 57.5 Å². The highest BCUT2D eigenvalue weighted by molar-refractivity contribution is 6.49. The fourth-order valence-corrected chi connectivity index (χ4v) is 12.0. The van der Waals surface area contributed by atoms with Gasteiger partial charge in [-0.1, -0.05) is 48.5 Å². The Hall–Kier alpha value is -8.84. The molecule has 69 heavy (non-hydrogen) atoms. The van der Waals surface area contributed by atoms with Gasteiger partial charge in [-0.3, -0.25) is 9.59 Å². The zero-order valence-electron chi connectivity index (χ0n) is 36.1. The van der Waals surface area contributed by atoms with Gasteiger partial charge in [0.2, 0.25) is 11.6 Å². The quantitative estimate of drug-likeness (QED) is 0.0579. The molecule has 7 aromatic carbocycles. The van der Waals surface area contributed by atoms with Gasteiger partial charge in [0.05, 0.1) is 11.8 Å². The van der Waals surface area contributed by atoms with Crippen LogP contribution in [0, 0.1) is 5.92 Å². The van der Waals surface area contributed by atoms with Crippen molar-refractivity contribution in [1.82, 2.24) is 0 Å². The molecule has 13 heteroatoms. The van der Waals surface area contributed by atoms with Gasteiger partial charge in [0, 0.05) is 75.8 Å². The summed E-state index contributed by atoms with van der Waals surface area (Å²) in [6, 6.07) is 33.6. The average Bonchev–Trinajstić information content (AvgIpc) is 3.81. The van der Waals surface area contributed by atoms with Gasteiger partial charge in [0.15, 0.2) is 0 Å². The van der Waals surface area contributed by atoms with Crippen LogP contribution in [0.5, 0.6) is 57.5 Å². The predicted molar refractivity (Wildman–Crippen MR) is 247 cm³/mol. The van der Waals surface area contributed by atoms with Gasteiger partial charge in [-0.2, -0.15) is 0 Å². The minimum atomic E-state index is -1.27. The number of allylic oxidation sites excluding steroid dienone is 3. The van der Waals surface area contributed by atoms with Gasteiger partial charge in [-0.05, 0) is 106 Å². The predicted octanol–water partition coefficient (Wildman–Crippen LogP) is 9.18. The number of phenols is 9. The Labute approximate surface area is 392 Å². The topological polar surface area (TPSA) is 235 Å². The van der Waals surface area contributed by atoms with Crippen molar-refractivity contribution >= 4 is 11.6 Å². The Bertz CT molecular complexity index is 3390. The molecule has 2 heterocycles. The summed E-state index contributed by atoms with van der Waals surface area (Å²) in [5.41, 5.74) is 4.61. The van der Waals surface area contributed by atoms with Crippen molar-refractivity contribution in [3.63, 3.8) is 0 Å². The molecule has 9 N–H and O–H groups in total. The van der Waals surface area contributed by atoms with Crippen LogP contribution in [0.15, 0.2) is 156 Å². The second-order valence-electron chi connectivity index (χ2n) is 18.3. The summed E-state index contributed by atoms with van der Waals surface area (Å²) in [6.45, 7) is 0. The van der Waals surface area contributed by atoms with E-state index in [0.717, 1.165) is 6.08 Å². The first kappa shape index (κ1) is 41.6. The molecule has 0 aromatic heterocycles. The molecule has 2 aliphatic heterocycles. The summed E-state index contributed by atoms with van der Waals surface area (Å²) >= 11 is 0. The lowest BCUT2D eigenvalue weighted by molar-refractivity contribution is -0.132. The normalized spacial score (nSPS) is 23.9. The number of ketones is 2. The van der Waals surface area contributed by atoms with Crippen LogP contribution >= 0.6 is 0 Å². The summed E-state index contributed by atoms with van der Waals surface area (Å²) in [6.07, 6.45) is -0.729. The van der Waals surface area contributed by atoms with Crippen molar-refractivity contribution in [3.8, 4) is 57.5 Å². The van der Waals surface area contributed by atoms with E-state index in [4.69, 9.17) is 9.47 Å². The number of carbonyl (C=O) groups is 2. The number of phenolic OH excluding ortho intramolecular Hbond substituents is 9. The Morgan fingerprint density at radius 1 is 0.362 bits per heavy atom. The van der Waals surface area contributed by atoms with Crippen LogP contribution < -0.4 is 4.74 Å². The van der Waals surface area contributed by atoms with Crippen LogP contribution in [-0.2, 0) is 14.3 Å². The number of Topliss-reactive ketones (excluding diaryl/α,β-unsaturated/α-hetero) is 1. The molecule has 13 nitrogen and oxygen atoms in total. The zero-order chi connectivity index (χ0) is 47.7. The van der Waals surface area contributed by atoms with Gasteiger partial charge < -0.3 is 55.4 Å². The maximum atomic E-state index is 15.5. The fraction of sp³-hybridized carbons (Fsp3) is 0.143. The first-order valence-corrected chi connectivity index (χ1v) is 22.3. The van der Waals surface area contributed by atoms with E-state index in [9.17, 15) is 50.8 Å². The molecule has 0 saturated carbocycles. The molecule has 12 rings (SSSR count). The summed E-state index contributed by atoms with van der Waals surface area (Å²) < 4.78 is 13.5. The Kier molecular flexibility index (Phi) is 9.09. The summed E-state index contributed by atoms with van der Waals surface area (Å²) in [5.74, 6) is -9.66. The van der Waals surface area contributed by atoms with E-state index >= 15 is 4.79 Å². The van der Waals surface area contributed by atoms with Crippen LogP contribution in [0.2, 0.25) is 0 Å². The number of hydrogen-bond acceptors (Lipinski definition) is 13. The number of aromatic hydroxyl groups is 9. The minimum Gasteiger partial charge on any atom is -0.508 e. The van der Waals surface area contributed by atoms with E-state index in [1.54, 1.807) is 54.6 Å². The summed E-state index contributed by atoms with van der Waals surface area (Å²) in [5, 5.41) is 102. The third kappa shape index (κ3) is 6.30. The van der Waals surface area contributed by atoms with Crippen molar-refractivity contribution in [2.75, 3.05) is 0 Å². The number of hydrogen-bond donors (Lipinski definition) is 9. The van der Waals surface area contributed by atoms with Gasteiger partial charge in [-0.25, -0.2) is 0 Å². The minimum absolute atomic E-state index is 0.00131. The maximum absolute atomic E-state index is 15.5. The van der Waals surface area contributed by atoms with E-state index in [0.29, 0.717) is 50.1 Å². The molecule has 0 unspecified atom stereocenters. The molecular formula is C56H40O13. The molecule has 0 radical (unpaired) electrons. The summed E-state index contributed by atoms with van der Waals surface area (Å²) in [4.78, 5) is 30.0. The highest BCUT2D eigenvalue weighted by Gasteiger charge is 2.58. The molecule has 1 saturated heterocycles. The molecule has 1 fully saturated rings. The molecule has 7 aromatic rings. The van der Waals surface area contributed by atoms with Crippen molar-refractivity contribution < 1.29 is 65.0 Å². The lowest BCUT2D eigenvalue weighted by Gasteiger charge is -2.41. The second kappa shape index (κ2) is 15.1. The Morgan fingerprint density at radius 3 is 1.29 bits per heavy atom. The van der Waals surface area contributed by atoms with Crippen molar-refractivity contribution in [3.05, 3.63) is 212 Å². The van der Waals surface area contributed by atoms with Crippen LogP contribution in [0.1, 0.15) is 97.4 Å². The van der Waals surface area contributed by atoms with Crippen LogP contribution in [0.4, 0.5) is 0 Å².